The molecule has 1 heterocycles. The number of aromatic nitrogens is 1. The minimum absolute atomic E-state index is 0.104. The second-order valence-electron chi connectivity index (χ2n) is 3.81. The van der Waals surface area contributed by atoms with E-state index in [1.54, 1.807) is 10.9 Å². The van der Waals surface area contributed by atoms with Crippen LogP contribution in [0, 0.1) is 0 Å². The van der Waals surface area contributed by atoms with Crippen molar-refractivity contribution >= 4 is 17.2 Å². The van der Waals surface area contributed by atoms with Crippen molar-refractivity contribution in [3.63, 3.8) is 0 Å². The lowest BCUT2D eigenvalue weighted by atomic mass is 9.92. The summed E-state index contributed by atoms with van der Waals surface area (Å²) in [5.74, 6) is -0.179. The number of carbonyl (C=O) groups is 1. The van der Waals surface area contributed by atoms with Crippen molar-refractivity contribution in [2.45, 2.75) is 37.8 Å². The van der Waals surface area contributed by atoms with Crippen molar-refractivity contribution in [1.82, 2.24) is 10.3 Å². The van der Waals surface area contributed by atoms with Crippen molar-refractivity contribution in [3.05, 3.63) is 16.6 Å². The van der Waals surface area contributed by atoms with Gasteiger partial charge in [-0.05, 0) is 12.8 Å². The monoisotopic (exact) mass is 226 g/mol. The maximum absolute atomic E-state index is 11.6. The molecule has 0 aliphatic heterocycles. The molecule has 0 radical (unpaired) electrons. The lowest BCUT2D eigenvalue weighted by molar-refractivity contribution is 0.0714. The molecule has 82 valence electrons. The Hall–Kier alpha value is -0.940. The highest BCUT2D eigenvalue weighted by molar-refractivity contribution is 7.07. The first kappa shape index (κ1) is 10.6. The van der Waals surface area contributed by atoms with Crippen molar-refractivity contribution in [1.29, 1.82) is 0 Å². The van der Waals surface area contributed by atoms with Gasteiger partial charge in [-0.25, -0.2) is 4.98 Å². The van der Waals surface area contributed by atoms with E-state index in [0.29, 0.717) is 5.69 Å². The number of thiazole rings is 1. The quantitative estimate of drug-likeness (QED) is 0.796. The Kier molecular flexibility index (Phi) is 3.33. The van der Waals surface area contributed by atoms with Crippen LogP contribution in [0.3, 0.4) is 0 Å². The zero-order valence-electron chi connectivity index (χ0n) is 8.35. The van der Waals surface area contributed by atoms with Gasteiger partial charge in [0.15, 0.2) is 0 Å². The SMILES string of the molecule is O=C(NC1CCCCC1O)c1cscn1. The summed E-state index contributed by atoms with van der Waals surface area (Å²) in [6.45, 7) is 0. The van der Waals surface area contributed by atoms with Gasteiger partial charge < -0.3 is 10.4 Å². The highest BCUT2D eigenvalue weighted by Crippen LogP contribution is 2.18. The molecular formula is C10H14N2O2S. The lowest BCUT2D eigenvalue weighted by Crippen LogP contribution is -2.45. The molecule has 2 atom stereocenters. The zero-order valence-corrected chi connectivity index (χ0v) is 9.17. The summed E-state index contributed by atoms with van der Waals surface area (Å²) in [5, 5.41) is 14.2. The number of amides is 1. The molecule has 2 N–H and O–H groups in total. The number of aliphatic hydroxyl groups is 1. The molecule has 0 saturated heterocycles. The molecule has 1 aliphatic carbocycles. The van der Waals surface area contributed by atoms with Crippen molar-refractivity contribution in [2.75, 3.05) is 0 Å². The predicted octanol–water partition coefficient (Wildman–Crippen LogP) is 1.18. The summed E-state index contributed by atoms with van der Waals surface area (Å²) in [6.07, 6.45) is 3.35. The Morgan fingerprint density at radius 1 is 1.53 bits per heavy atom. The molecule has 2 unspecified atom stereocenters. The largest absolute Gasteiger partial charge is 0.391 e. The molecule has 1 aliphatic rings. The molecule has 0 aromatic carbocycles. The van der Waals surface area contributed by atoms with Gasteiger partial charge in [-0.1, -0.05) is 12.8 Å². The fraction of sp³-hybridized carbons (Fsp3) is 0.600. The van der Waals surface area contributed by atoms with E-state index in [-0.39, 0.29) is 11.9 Å². The van der Waals surface area contributed by atoms with E-state index in [9.17, 15) is 9.90 Å². The van der Waals surface area contributed by atoms with Crippen LogP contribution in [0.2, 0.25) is 0 Å². The zero-order chi connectivity index (χ0) is 10.7. The number of rotatable bonds is 2. The van der Waals surface area contributed by atoms with Gasteiger partial charge in [-0.3, -0.25) is 4.79 Å². The highest BCUT2D eigenvalue weighted by atomic mass is 32.1. The summed E-state index contributed by atoms with van der Waals surface area (Å²) in [7, 11) is 0. The van der Waals surface area contributed by atoms with Crippen LogP contribution in [0.5, 0.6) is 0 Å². The van der Waals surface area contributed by atoms with Crippen LogP contribution in [0.1, 0.15) is 36.2 Å². The first-order valence-electron chi connectivity index (χ1n) is 5.14. The number of hydrogen-bond acceptors (Lipinski definition) is 4. The van der Waals surface area contributed by atoms with Crippen LogP contribution >= 0.6 is 11.3 Å². The van der Waals surface area contributed by atoms with E-state index < -0.39 is 6.10 Å². The molecule has 5 heteroatoms. The van der Waals surface area contributed by atoms with Gasteiger partial charge in [0.25, 0.3) is 5.91 Å². The topological polar surface area (TPSA) is 62.2 Å². The third kappa shape index (κ3) is 2.54. The molecule has 1 fully saturated rings. The Morgan fingerprint density at radius 3 is 3.00 bits per heavy atom. The molecule has 0 bridgehead atoms. The van der Waals surface area contributed by atoms with Gasteiger partial charge in [0.1, 0.15) is 5.69 Å². The van der Waals surface area contributed by atoms with Gasteiger partial charge in [-0.15, -0.1) is 11.3 Å². The summed E-state index contributed by atoms with van der Waals surface area (Å²) in [4.78, 5) is 15.6. The molecule has 1 saturated carbocycles. The van der Waals surface area contributed by atoms with E-state index in [0.717, 1.165) is 25.7 Å². The van der Waals surface area contributed by atoms with E-state index in [4.69, 9.17) is 0 Å². The third-order valence-corrected chi connectivity index (χ3v) is 3.30. The molecule has 2 rings (SSSR count). The lowest BCUT2D eigenvalue weighted by Gasteiger charge is -2.27. The van der Waals surface area contributed by atoms with Gasteiger partial charge in [0.05, 0.1) is 17.7 Å². The van der Waals surface area contributed by atoms with E-state index in [2.05, 4.69) is 10.3 Å². The second kappa shape index (κ2) is 4.72. The average molecular weight is 226 g/mol. The Balaban J connectivity index is 1.93. The van der Waals surface area contributed by atoms with Crippen LogP contribution in [0.4, 0.5) is 0 Å². The summed E-state index contributed by atoms with van der Waals surface area (Å²) in [5.41, 5.74) is 2.07. The standard InChI is InChI=1S/C10H14N2O2S/c13-9-4-2-1-3-7(9)12-10(14)8-5-15-6-11-8/h5-7,9,13H,1-4H2,(H,12,14). The summed E-state index contributed by atoms with van der Waals surface area (Å²) >= 11 is 1.40. The predicted molar refractivity (Wildman–Crippen MR) is 57.8 cm³/mol. The average Bonchev–Trinajstić information content (AvgIpc) is 2.74. The first-order chi connectivity index (χ1) is 7.27. The molecule has 4 nitrogen and oxygen atoms in total. The molecule has 1 amide bonds. The maximum Gasteiger partial charge on any atom is 0.271 e. The fourth-order valence-electron chi connectivity index (χ4n) is 1.85. The van der Waals surface area contributed by atoms with Gasteiger partial charge >= 0.3 is 0 Å². The van der Waals surface area contributed by atoms with Crippen LogP contribution in [0.15, 0.2) is 10.9 Å². The van der Waals surface area contributed by atoms with Crippen LogP contribution in [-0.2, 0) is 0 Å². The number of carbonyl (C=O) groups excluding carboxylic acids is 1. The van der Waals surface area contributed by atoms with Crippen molar-refractivity contribution < 1.29 is 9.90 Å². The Bertz CT molecular complexity index is 326. The summed E-state index contributed by atoms with van der Waals surface area (Å²) < 4.78 is 0. The van der Waals surface area contributed by atoms with Crippen LogP contribution in [-0.4, -0.2) is 28.1 Å². The second-order valence-corrected chi connectivity index (χ2v) is 4.52. The summed E-state index contributed by atoms with van der Waals surface area (Å²) in [6, 6.07) is -0.104. The van der Waals surface area contributed by atoms with Crippen LogP contribution in [0.25, 0.3) is 0 Å². The van der Waals surface area contributed by atoms with E-state index in [1.807, 2.05) is 0 Å². The van der Waals surface area contributed by atoms with Gasteiger partial charge in [-0.2, -0.15) is 0 Å². The number of aliphatic hydroxyl groups excluding tert-OH is 1. The Labute approximate surface area is 92.3 Å². The molecule has 15 heavy (non-hydrogen) atoms. The van der Waals surface area contributed by atoms with E-state index in [1.165, 1.54) is 11.3 Å². The molecule has 1 aromatic heterocycles. The maximum atomic E-state index is 11.6. The van der Waals surface area contributed by atoms with E-state index >= 15 is 0 Å². The number of nitrogens with one attached hydrogen (secondary N) is 1. The van der Waals surface area contributed by atoms with Crippen molar-refractivity contribution in [3.8, 4) is 0 Å². The smallest absolute Gasteiger partial charge is 0.271 e. The first-order valence-corrected chi connectivity index (χ1v) is 6.09. The van der Waals surface area contributed by atoms with Crippen LogP contribution < -0.4 is 5.32 Å². The highest BCUT2D eigenvalue weighted by Gasteiger charge is 2.25. The van der Waals surface area contributed by atoms with Crippen molar-refractivity contribution in [2.24, 2.45) is 0 Å². The number of nitrogens with zero attached hydrogens (tertiary/aromatic N) is 1. The minimum atomic E-state index is -0.402. The number of hydrogen-bond donors (Lipinski definition) is 2. The fourth-order valence-corrected chi connectivity index (χ4v) is 2.38. The third-order valence-electron chi connectivity index (χ3n) is 2.71. The molecule has 0 spiro atoms. The minimum Gasteiger partial charge on any atom is -0.391 e. The Morgan fingerprint density at radius 2 is 2.33 bits per heavy atom. The normalized spacial score (nSPS) is 26.2. The van der Waals surface area contributed by atoms with Gasteiger partial charge in [0.2, 0.25) is 0 Å². The molecular weight excluding hydrogens is 212 g/mol. The molecule has 1 aromatic rings. The van der Waals surface area contributed by atoms with Gasteiger partial charge in [0, 0.05) is 5.38 Å².